The number of aromatic nitrogens is 4. The standard InChI is InChI=1S/C24H30N6O5S2/c1-4-35-21-14-25-12-18(28-21)19-13-27-23(36-19)22(31)29-24(2,15-34-3)20-11-16(9-10-26-20)30-37(32,33)17-7-5-6-8-17/h9-14,17H,4-8,15H2,1-3H3,(H,26,30)(H,29,31)/t24-/m0/s1. The average Bonchev–Trinajstić information content (AvgIpc) is 3.58. The highest BCUT2D eigenvalue weighted by atomic mass is 32.2. The molecule has 198 valence electrons. The Kier molecular flexibility index (Phi) is 8.35. The average molecular weight is 547 g/mol. The maximum atomic E-state index is 13.2. The van der Waals surface area contributed by atoms with Crippen LogP contribution in [0.5, 0.6) is 5.88 Å². The van der Waals surface area contributed by atoms with Gasteiger partial charge in [-0.1, -0.05) is 12.8 Å². The number of amides is 1. The zero-order chi connectivity index (χ0) is 26.5. The molecule has 0 aliphatic heterocycles. The van der Waals surface area contributed by atoms with Crippen molar-refractivity contribution in [2.24, 2.45) is 0 Å². The van der Waals surface area contributed by atoms with Crippen LogP contribution in [0.3, 0.4) is 0 Å². The largest absolute Gasteiger partial charge is 0.477 e. The summed E-state index contributed by atoms with van der Waals surface area (Å²) in [6, 6.07) is 3.21. The van der Waals surface area contributed by atoms with Crippen molar-refractivity contribution in [2.45, 2.75) is 50.3 Å². The second-order valence-electron chi connectivity index (χ2n) is 8.91. The molecule has 2 N–H and O–H groups in total. The molecule has 0 aromatic carbocycles. The summed E-state index contributed by atoms with van der Waals surface area (Å²) in [6.45, 7) is 4.18. The fourth-order valence-electron chi connectivity index (χ4n) is 4.19. The Balaban J connectivity index is 1.53. The number of ether oxygens (including phenoxy) is 2. The summed E-state index contributed by atoms with van der Waals surface area (Å²) in [5.41, 5.74) is 0.325. The van der Waals surface area contributed by atoms with Crippen LogP contribution in [-0.2, 0) is 20.3 Å². The number of thiazole rings is 1. The minimum absolute atomic E-state index is 0.102. The molecule has 1 atom stereocenters. The molecule has 1 aliphatic rings. The van der Waals surface area contributed by atoms with Gasteiger partial charge in [0.05, 0.1) is 47.1 Å². The molecule has 0 unspecified atom stereocenters. The highest BCUT2D eigenvalue weighted by Crippen LogP contribution is 2.29. The minimum atomic E-state index is -3.51. The lowest BCUT2D eigenvalue weighted by Gasteiger charge is -2.29. The molecule has 0 saturated heterocycles. The molecule has 3 heterocycles. The van der Waals surface area contributed by atoms with Crippen molar-refractivity contribution in [3.05, 3.63) is 47.6 Å². The van der Waals surface area contributed by atoms with Gasteiger partial charge in [0.2, 0.25) is 15.9 Å². The van der Waals surface area contributed by atoms with Gasteiger partial charge in [-0.2, -0.15) is 0 Å². The van der Waals surface area contributed by atoms with Crippen LogP contribution in [0.1, 0.15) is 55.0 Å². The third kappa shape index (κ3) is 6.40. The first kappa shape index (κ1) is 26.9. The smallest absolute Gasteiger partial charge is 0.281 e. The highest BCUT2D eigenvalue weighted by Gasteiger charge is 2.33. The maximum Gasteiger partial charge on any atom is 0.281 e. The van der Waals surface area contributed by atoms with Crippen molar-refractivity contribution in [3.63, 3.8) is 0 Å². The van der Waals surface area contributed by atoms with Crippen LogP contribution in [0.15, 0.2) is 36.9 Å². The number of rotatable bonds is 11. The van der Waals surface area contributed by atoms with Crippen LogP contribution >= 0.6 is 11.3 Å². The second kappa shape index (κ2) is 11.5. The molecule has 4 rings (SSSR count). The van der Waals surface area contributed by atoms with E-state index in [0.29, 0.717) is 47.3 Å². The van der Waals surface area contributed by atoms with E-state index >= 15 is 0 Å². The highest BCUT2D eigenvalue weighted by molar-refractivity contribution is 7.93. The van der Waals surface area contributed by atoms with Gasteiger partial charge in [0.25, 0.3) is 5.91 Å². The Hall–Kier alpha value is -3.16. The van der Waals surface area contributed by atoms with E-state index in [4.69, 9.17) is 9.47 Å². The first-order valence-electron chi connectivity index (χ1n) is 11.9. The molecule has 1 fully saturated rings. The van der Waals surface area contributed by atoms with E-state index in [9.17, 15) is 13.2 Å². The van der Waals surface area contributed by atoms with Crippen LogP contribution < -0.4 is 14.8 Å². The fourth-order valence-corrected chi connectivity index (χ4v) is 6.53. The zero-order valence-electron chi connectivity index (χ0n) is 20.9. The Morgan fingerprint density at radius 2 is 2.00 bits per heavy atom. The Bertz CT molecular complexity index is 1340. The zero-order valence-corrected chi connectivity index (χ0v) is 22.6. The maximum absolute atomic E-state index is 13.2. The first-order valence-corrected chi connectivity index (χ1v) is 14.3. The molecule has 37 heavy (non-hydrogen) atoms. The number of hydrogen-bond acceptors (Lipinski definition) is 10. The molecule has 0 bridgehead atoms. The summed E-state index contributed by atoms with van der Waals surface area (Å²) in [5.74, 6) is -0.0370. The lowest BCUT2D eigenvalue weighted by atomic mass is 9.97. The summed E-state index contributed by atoms with van der Waals surface area (Å²) in [4.78, 5) is 31.0. The topological polar surface area (TPSA) is 145 Å². The second-order valence-corrected chi connectivity index (χ2v) is 11.9. The Labute approximate surface area is 220 Å². The third-order valence-corrected chi connectivity index (χ3v) is 8.89. The van der Waals surface area contributed by atoms with E-state index in [1.54, 1.807) is 31.5 Å². The first-order chi connectivity index (χ1) is 17.7. The summed E-state index contributed by atoms with van der Waals surface area (Å²) >= 11 is 1.17. The number of pyridine rings is 1. The number of hydrogen-bond donors (Lipinski definition) is 2. The molecule has 11 nitrogen and oxygen atoms in total. The van der Waals surface area contributed by atoms with Crippen molar-refractivity contribution in [3.8, 4) is 16.5 Å². The fraction of sp³-hybridized carbons (Fsp3) is 0.458. The van der Waals surface area contributed by atoms with Gasteiger partial charge in [-0.15, -0.1) is 11.3 Å². The van der Waals surface area contributed by atoms with Gasteiger partial charge in [0, 0.05) is 19.5 Å². The molecular formula is C24H30N6O5S2. The predicted octanol–water partition coefficient (Wildman–Crippen LogP) is 3.37. The summed E-state index contributed by atoms with van der Waals surface area (Å²) < 4.78 is 39.0. The number of nitrogens with one attached hydrogen (secondary N) is 2. The molecule has 13 heteroatoms. The number of sulfonamides is 1. The number of carbonyl (C=O) groups is 1. The van der Waals surface area contributed by atoms with E-state index < -0.39 is 26.7 Å². The summed E-state index contributed by atoms with van der Waals surface area (Å²) in [5, 5.41) is 2.78. The van der Waals surface area contributed by atoms with E-state index in [1.807, 2.05) is 6.92 Å². The lowest BCUT2D eigenvalue weighted by Crippen LogP contribution is -2.47. The molecule has 0 spiro atoms. The van der Waals surface area contributed by atoms with Gasteiger partial charge in [0.15, 0.2) is 5.01 Å². The van der Waals surface area contributed by atoms with Crippen LogP contribution in [0.25, 0.3) is 10.6 Å². The van der Waals surface area contributed by atoms with Gasteiger partial charge < -0.3 is 14.8 Å². The van der Waals surface area contributed by atoms with Crippen molar-refractivity contribution in [1.29, 1.82) is 0 Å². The van der Waals surface area contributed by atoms with E-state index in [-0.39, 0.29) is 11.6 Å². The van der Waals surface area contributed by atoms with Gasteiger partial charge in [-0.25, -0.2) is 18.4 Å². The number of carbonyl (C=O) groups excluding carboxylic acids is 1. The van der Waals surface area contributed by atoms with Crippen molar-refractivity contribution in [2.75, 3.05) is 25.0 Å². The molecular weight excluding hydrogens is 516 g/mol. The van der Waals surface area contributed by atoms with Gasteiger partial charge in [0.1, 0.15) is 11.2 Å². The summed E-state index contributed by atoms with van der Waals surface area (Å²) in [6.07, 6.45) is 9.30. The van der Waals surface area contributed by atoms with Crippen LogP contribution in [0, 0.1) is 0 Å². The predicted molar refractivity (Wildman–Crippen MR) is 140 cm³/mol. The van der Waals surface area contributed by atoms with Crippen LogP contribution in [0.4, 0.5) is 5.69 Å². The molecule has 1 aliphatic carbocycles. The quantitative estimate of drug-likeness (QED) is 0.370. The van der Waals surface area contributed by atoms with E-state index in [0.717, 1.165) is 12.8 Å². The monoisotopic (exact) mass is 546 g/mol. The molecule has 3 aromatic rings. The van der Waals surface area contributed by atoms with Crippen molar-refractivity contribution < 1.29 is 22.7 Å². The van der Waals surface area contributed by atoms with Crippen molar-refractivity contribution >= 4 is 33.0 Å². The van der Waals surface area contributed by atoms with Crippen molar-refractivity contribution in [1.82, 2.24) is 25.3 Å². The third-order valence-electron chi connectivity index (χ3n) is 6.01. The molecule has 0 radical (unpaired) electrons. The number of methoxy groups -OCH3 is 1. The lowest BCUT2D eigenvalue weighted by molar-refractivity contribution is 0.0777. The van der Waals surface area contributed by atoms with Gasteiger partial charge >= 0.3 is 0 Å². The SMILES string of the molecule is CCOc1cncc(-c2cnc(C(=O)N[C@@](C)(COC)c3cc(NS(=O)(=O)C4CCCC4)ccn3)s2)n1. The van der Waals surface area contributed by atoms with Crippen LogP contribution in [0.2, 0.25) is 0 Å². The van der Waals surface area contributed by atoms with E-state index in [1.165, 1.54) is 30.8 Å². The van der Waals surface area contributed by atoms with E-state index in [2.05, 4.69) is 30.0 Å². The van der Waals surface area contributed by atoms with Gasteiger partial charge in [-0.05, 0) is 38.8 Å². The number of nitrogens with zero attached hydrogens (tertiary/aromatic N) is 4. The Morgan fingerprint density at radius 3 is 2.73 bits per heavy atom. The summed E-state index contributed by atoms with van der Waals surface area (Å²) in [7, 11) is -1.99. The van der Waals surface area contributed by atoms with Crippen LogP contribution in [-0.4, -0.2) is 59.8 Å². The normalized spacial score (nSPS) is 15.8. The molecule has 3 aromatic heterocycles. The van der Waals surface area contributed by atoms with Gasteiger partial charge in [-0.3, -0.25) is 19.5 Å². The number of anilines is 1. The molecule has 1 saturated carbocycles. The molecule has 1 amide bonds. The minimum Gasteiger partial charge on any atom is -0.477 e. The Morgan fingerprint density at radius 1 is 1.22 bits per heavy atom.